The van der Waals surface area contributed by atoms with E-state index in [2.05, 4.69) is 23.2 Å². The van der Waals surface area contributed by atoms with Gasteiger partial charge < -0.3 is 0 Å². The fraction of sp³-hybridized carbons (Fsp3) is 0.333. The van der Waals surface area contributed by atoms with Crippen molar-refractivity contribution in [1.29, 1.82) is 0 Å². The standard InChI is InChI=1S/C15H16N2/c1-2-16-15-11-7-3-5-9-13(11)17-14-10-6-4-8-12(14)15/h2-3,5,7,9H,4,6,8,10H2,1H3/b16-2+. The van der Waals surface area contributed by atoms with Gasteiger partial charge in [-0.15, -0.1) is 0 Å². The molecule has 17 heavy (non-hydrogen) atoms. The van der Waals surface area contributed by atoms with Gasteiger partial charge in [0.2, 0.25) is 0 Å². The molecule has 1 heterocycles. The number of benzene rings is 1. The molecule has 0 aliphatic heterocycles. The Morgan fingerprint density at radius 3 is 2.88 bits per heavy atom. The van der Waals surface area contributed by atoms with Crippen LogP contribution in [-0.4, -0.2) is 11.2 Å². The minimum absolute atomic E-state index is 1.08. The summed E-state index contributed by atoms with van der Waals surface area (Å²) in [6.45, 7) is 1.98. The van der Waals surface area contributed by atoms with Crippen LogP contribution in [0, 0.1) is 0 Å². The molecule has 1 aromatic heterocycles. The fourth-order valence-corrected chi connectivity index (χ4v) is 2.62. The summed E-state index contributed by atoms with van der Waals surface area (Å²) < 4.78 is 0. The highest BCUT2D eigenvalue weighted by Gasteiger charge is 2.17. The fourth-order valence-electron chi connectivity index (χ4n) is 2.62. The summed E-state index contributed by atoms with van der Waals surface area (Å²) in [5.41, 5.74) is 4.85. The number of rotatable bonds is 1. The summed E-state index contributed by atoms with van der Waals surface area (Å²) in [6, 6.07) is 8.32. The minimum atomic E-state index is 1.08. The van der Waals surface area contributed by atoms with Gasteiger partial charge in [-0.3, -0.25) is 9.98 Å². The molecule has 0 radical (unpaired) electrons. The first-order valence-corrected chi connectivity index (χ1v) is 6.29. The topological polar surface area (TPSA) is 25.2 Å². The van der Waals surface area contributed by atoms with Crippen LogP contribution in [0.1, 0.15) is 31.0 Å². The van der Waals surface area contributed by atoms with Crippen molar-refractivity contribution in [2.75, 3.05) is 0 Å². The molecular formula is C15H16N2. The van der Waals surface area contributed by atoms with E-state index in [1.54, 1.807) is 0 Å². The number of fused-ring (bicyclic) bond motifs is 2. The molecular weight excluding hydrogens is 208 g/mol. The minimum Gasteiger partial charge on any atom is -0.260 e. The molecule has 0 N–H and O–H groups in total. The van der Waals surface area contributed by atoms with E-state index in [0.29, 0.717) is 0 Å². The predicted molar refractivity (Wildman–Crippen MR) is 72.2 cm³/mol. The van der Waals surface area contributed by atoms with E-state index >= 15 is 0 Å². The van der Waals surface area contributed by atoms with Crippen LogP contribution in [0.3, 0.4) is 0 Å². The maximum atomic E-state index is 4.78. The predicted octanol–water partition coefficient (Wildman–Crippen LogP) is 3.84. The van der Waals surface area contributed by atoms with E-state index in [1.165, 1.54) is 29.5 Å². The summed E-state index contributed by atoms with van der Waals surface area (Å²) in [7, 11) is 0. The molecule has 0 bridgehead atoms. The van der Waals surface area contributed by atoms with Crippen LogP contribution in [0.15, 0.2) is 29.3 Å². The normalized spacial score (nSPS) is 15.4. The van der Waals surface area contributed by atoms with Crippen LogP contribution in [0.25, 0.3) is 10.9 Å². The smallest absolute Gasteiger partial charge is 0.0769 e. The van der Waals surface area contributed by atoms with Crippen molar-refractivity contribution in [3.8, 4) is 0 Å². The largest absolute Gasteiger partial charge is 0.260 e. The third kappa shape index (κ3) is 1.74. The first kappa shape index (κ1) is 10.5. The van der Waals surface area contributed by atoms with Crippen molar-refractivity contribution >= 4 is 22.8 Å². The maximum absolute atomic E-state index is 4.78. The maximum Gasteiger partial charge on any atom is 0.0769 e. The first-order valence-electron chi connectivity index (χ1n) is 6.29. The highest BCUT2D eigenvalue weighted by molar-refractivity contribution is 5.93. The Labute approximate surface area is 101 Å². The van der Waals surface area contributed by atoms with Crippen LogP contribution in [-0.2, 0) is 12.8 Å². The molecule has 0 saturated heterocycles. The van der Waals surface area contributed by atoms with Crippen molar-refractivity contribution in [3.05, 3.63) is 35.5 Å². The molecule has 2 nitrogen and oxygen atoms in total. The lowest BCUT2D eigenvalue weighted by Gasteiger charge is -2.18. The Bertz CT molecular complexity index is 585. The van der Waals surface area contributed by atoms with E-state index in [0.717, 1.165) is 24.0 Å². The zero-order valence-electron chi connectivity index (χ0n) is 10.1. The third-order valence-corrected chi connectivity index (χ3v) is 3.40. The molecule has 0 unspecified atom stereocenters. The summed E-state index contributed by atoms with van der Waals surface area (Å²) in [5, 5.41) is 1.19. The van der Waals surface area contributed by atoms with Gasteiger partial charge >= 0.3 is 0 Å². The molecule has 2 aromatic rings. The second-order valence-corrected chi connectivity index (χ2v) is 4.50. The van der Waals surface area contributed by atoms with Crippen molar-refractivity contribution in [3.63, 3.8) is 0 Å². The van der Waals surface area contributed by atoms with E-state index in [4.69, 9.17) is 4.98 Å². The lowest BCUT2D eigenvalue weighted by atomic mass is 9.93. The van der Waals surface area contributed by atoms with E-state index < -0.39 is 0 Å². The summed E-state index contributed by atoms with van der Waals surface area (Å²) in [6.07, 6.45) is 6.63. The van der Waals surface area contributed by atoms with Crippen molar-refractivity contribution in [1.82, 2.24) is 4.98 Å². The number of aryl methyl sites for hydroxylation is 1. The number of nitrogens with zero attached hydrogens (tertiary/aromatic N) is 2. The van der Waals surface area contributed by atoms with Gasteiger partial charge in [0.25, 0.3) is 0 Å². The van der Waals surface area contributed by atoms with Crippen LogP contribution in [0.2, 0.25) is 0 Å². The number of pyridine rings is 1. The van der Waals surface area contributed by atoms with Gasteiger partial charge in [-0.2, -0.15) is 0 Å². The zero-order chi connectivity index (χ0) is 11.7. The Hall–Kier alpha value is -1.70. The molecule has 0 atom stereocenters. The molecule has 2 heteroatoms. The first-order chi connectivity index (χ1) is 8.40. The number of aliphatic imine (C=N–C) groups is 1. The van der Waals surface area contributed by atoms with Gasteiger partial charge in [0.1, 0.15) is 0 Å². The summed E-state index contributed by atoms with van der Waals surface area (Å²) >= 11 is 0. The average Bonchev–Trinajstić information content (AvgIpc) is 2.39. The monoisotopic (exact) mass is 224 g/mol. The quantitative estimate of drug-likeness (QED) is 0.676. The number of aromatic nitrogens is 1. The molecule has 0 spiro atoms. The van der Waals surface area contributed by atoms with Crippen molar-refractivity contribution in [2.24, 2.45) is 4.99 Å². The SMILES string of the molecule is C/C=N/c1c2c(nc3ccccc13)CCCC2. The highest BCUT2D eigenvalue weighted by Crippen LogP contribution is 2.34. The Balaban J connectivity index is 2.36. The molecule has 0 amide bonds. The van der Waals surface area contributed by atoms with Gasteiger partial charge in [0, 0.05) is 17.3 Å². The number of para-hydroxylation sites is 1. The number of hydrogen-bond donors (Lipinski definition) is 0. The van der Waals surface area contributed by atoms with E-state index in [1.807, 2.05) is 19.2 Å². The molecule has 0 saturated carbocycles. The lowest BCUT2D eigenvalue weighted by molar-refractivity contribution is 0.672. The van der Waals surface area contributed by atoms with Gasteiger partial charge in [-0.1, -0.05) is 18.2 Å². The van der Waals surface area contributed by atoms with Gasteiger partial charge in [0.05, 0.1) is 11.2 Å². The highest BCUT2D eigenvalue weighted by atomic mass is 14.8. The van der Waals surface area contributed by atoms with Crippen LogP contribution in [0.4, 0.5) is 5.69 Å². The number of hydrogen-bond acceptors (Lipinski definition) is 2. The van der Waals surface area contributed by atoms with Crippen LogP contribution in [0.5, 0.6) is 0 Å². The molecule has 1 aromatic carbocycles. The van der Waals surface area contributed by atoms with Gasteiger partial charge in [0.15, 0.2) is 0 Å². The van der Waals surface area contributed by atoms with Gasteiger partial charge in [-0.25, -0.2) is 0 Å². The summed E-state index contributed by atoms with van der Waals surface area (Å²) in [4.78, 5) is 9.37. The van der Waals surface area contributed by atoms with E-state index in [-0.39, 0.29) is 0 Å². The van der Waals surface area contributed by atoms with Crippen molar-refractivity contribution in [2.45, 2.75) is 32.6 Å². The van der Waals surface area contributed by atoms with Crippen LogP contribution < -0.4 is 0 Å². The third-order valence-electron chi connectivity index (χ3n) is 3.40. The molecule has 1 aliphatic carbocycles. The molecule has 86 valence electrons. The van der Waals surface area contributed by atoms with Crippen LogP contribution >= 0.6 is 0 Å². The molecule has 1 aliphatic rings. The van der Waals surface area contributed by atoms with Gasteiger partial charge in [-0.05, 0) is 44.2 Å². The Kier molecular flexibility index (Phi) is 2.63. The molecule has 3 rings (SSSR count). The average molecular weight is 224 g/mol. The second kappa shape index (κ2) is 4.28. The Morgan fingerprint density at radius 1 is 1.18 bits per heavy atom. The Morgan fingerprint density at radius 2 is 2.00 bits per heavy atom. The zero-order valence-corrected chi connectivity index (χ0v) is 10.1. The van der Waals surface area contributed by atoms with E-state index in [9.17, 15) is 0 Å². The van der Waals surface area contributed by atoms with Crippen molar-refractivity contribution < 1.29 is 0 Å². The lowest BCUT2D eigenvalue weighted by Crippen LogP contribution is -2.06. The molecule has 0 fully saturated rings. The summed E-state index contributed by atoms with van der Waals surface area (Å²) in [5.74, 6) is 0. The second-order valence-electron chi connectivity index (χ2n) is 4.50.